The zero-order chi connectivity index (χ0) is 12.5. The molecule has 0 bridgehead atoms. The minimum Gasteiger partial charge on any atom is -0.377 e. The second-order valence-electron chi connectivity index (χ2n) is 4.35. The van der Waals surface area contributed by atoms with Crippen LogP contribution < -0.4 is 11.1 Å². The minimum atomic E-state index is -0.286. The summed E-state index contributed by atoms with van der Waals surface area (Å²) >= 11 is 0. The van der Waals surface area contributed by atoms with Gasteiger partial charge in [0.05, 0.1) is 11.9 Å². The molecule has 0 spiro atoms. The summed E-state index contributed by atoms with van der Waals surface area (Å²) in [6, 6.07) is 0. The number of fused-ring (bicyclic) bond motifs is 1. The second-order valence-corrected chi connectivity index (χ2v) is 4.35. The van der Waals surface area contributed by atoms with E-state index in [9.17, 15) is 0 Å². The number of nitrogen functional groups attached to an aromatic ring is 1. The molecule has 0 aliphatic rings. The van der Waals surface area contributed by atoms with Crippen LogP contribution in [-0.4, -0.2) is 39.2 Å². The Balaban J connectivity index is 2.26. The number of hydrogen-bond acceptors (Lipinski definition) is 6. The third-order valence-corrected chi connectivity index (χ3v) is 2.54. The molecule has 0 amide bonds. The minimum absolute atomic E-state index is 0.197. The Morgan fingerprint density at radius 1 is 1.47 bits per heavy atom. The summed E-state index contributed by atoms with van der Waals surface area (Å²) in [6.45, 7) is 4.57. The molecule has 2 rings (SSSR count). The molecule has 2 aromatic heterocycles. The van der Waals surface area contributed by atoms with E-state index in [1.165, 1.54) is 0 Å². The Morgan fingerprint density at radius 2 is 2.24 bits per heavy atom. The summed E-state index contributed by atoms with van der Waals surface area (Å²) in [5, 5.41) is 3.18. The largest absolute Gasteiger partial charge is 0.377 e. The summed E-state index contributed by atoms with van der Waals surface area (Å²) in [5.41, 5.74) is 6.62. The average molecular weight is 236 g/mol. The van der Waals surface area contributed by atoms with E-state index in [-0.39, 0.29) is 11.5 Å². The molecule has 0 aliphatic carbocycles. The van der Waals surface area contributed by atoms with E-state index in [2.05, 4.69) is 25.3 Å². The maximum absolute atomic E-state index is 5.61. The summed E-state index contributed by atoms with van der Waals surface area (Å²) in [4.78, 5) is 15.2. The lowest BCUT2D eigenvalue weighted by atomic mass is 10.1. The summed E-state index contributed by atoms with van der Waals surface area (Å²) < 4.78 is 5.32. The molecule has 0 fully saturated rings. The van der Waals surface area contributed by atoms with E-state index in [4.69, 9.17) is 10.5 Å². The van der Waals surface area contributed by atoms with Crippen molar-refractivity contribution < 1.29 is 4.74 Å². The first-order valence-corrected chi connectivity index (χ1v) is 5.27. The van der Waals surface area contributed by atoms with E-state index < -0.39 is 0 Å². The number of aromatic amines is 1. The molecule has 0 unspecified atom stereocenters. The molecule has 0 atom stereocenters. The van der Waals surface area contributed by atoms with Crippen molar-refractivity contribution in [2.75, 3.05) is 24.7 Å². The fraction of sp³-hybridized carbons (Fsp3) is 0.500. The summed E-state index contributed by atoms with van der Waals surface area (Å²) in [6.07, 6.45) is 1.56. The predicted octanol–water partition coefficient (Wildman–Crippen LogP) is 0.772. The number of imidazole rings is 1. The van der Waals surface area contributed by atoms with Gasteiger partial charge in [-0.3, -0.25) is 0 Å². The van der Waals surface area contributed by atoms with Crippen molar-refractivity contribution in [3.63, 3.8) is 0 Å². The van der Waals surface area contributed by atoms with Crippen molar-refractivity contribution in [1.29, 1.82) is 0 Å². The van der Waals surface area contributed by atoms with Crippen molar-refractivity contribution in [2.45, 2.75) is 19.4 Å². The fourth-order valence-corrected chi connectivity index (χ4v) is 1.35. The van der Waals surface area contributed by atoms with Gasteiger partial charge in [-0.1, -0.05) is 0 Å². The quantitative estimate of drug-likeness (QED) is 0.724. The third-order valence-electron chi connectivity index (χ3n) is 2.54. The smallest absolute Gasteiger partial charge is 0.224 e. The molecule has 7 heteroatoms. The molecule has 92 valence electrons. The molecular formula is C10H16N6O. The number of nitrogens with one attached hydrogen (secondary N) is 2. The third kappa shape index (κ3) is 2.44. The van der Waals surface area contributed by atoms with Crippen molar-refractivity contribution in [2.24, 2.45) is 0 Å². The molecule has 0 aliphatic heterocycles. The molecule has 7 nitrogen and oxygen atoms in total. The normalized spacial score (nSPS) is 11.9. The number of rotatable bonds is 4. The second kappa shape index (κ2) is 4.17. The highest BCUT2D eigenvalue weighted by Crippen LogP contribution is 2.18. The number of methoxy groups -OCH3 is 1. The van der Waals surface area contributed by atoms with Gasteiger partial charge < -0.3 is 20.8 Å². The molecular weight excluding hydrogens is 220 g/mol. The summed E-state index contributed by atoms with van der Waals surface area (Å²) in [7, 11) is 1.67. The monoisotopic (exact) mass is 236 g/mol. The molecule has 2 aromatic rings. The van der Waals surface area contributed by atoms with E-state index in [0.717, 1.165) is 5.52 Å². The molecule has 2 heterocycles. The van der Waals surface area contributed by atoms with E-state index >= 15 is 0 Å². The highest BCUT2D eigenvalue weighted by atomic mass is 16.5. The maximum Gasteiger partial charge on any atom is 0.224 e. The fourth-order valence-electron chi connectivity index (χ4n) is 1.35. The number of hydrogen-bond donors (Lipinski definition) is 3. The topological polar surface area (TPSA) is 102 Å². The Kier molecular flexibility index (Phi) is 2.84. The molecule has 0 saturated carbocycles. The van der Waals surface area contributed by atoms with E-state index in [1.807, 2.05) is 13.8 Å². The first-order valence-electron chi connectivity index (χ1n) is 5.27. The predicted molar refractivity (Wildman–Crippen MR) is 65.7 cm³/mol. The highest BCUT2D eigenvalue weighted by Gasteiger charge is 2.17. The molecule has 0 saturated heterocycles. The molecule has 0 radical (unpaired) electrons. The highest BCUT2D eigenvalue weighted by molar-refractivity contribution is 5.83. The number of nitrogens with two attached hydrogens (primary N) is 1. The Bertz CT molecular complexity index is 520. The number of anilines is 2. The lowest BCUT2D eigenvalue weighted by Gasteiger charge is -2.23. The van der Waals surface area contributed by atoms with Crippen LogP contribution >= 0.6 is 0 Å². The van der Waals surface area contributed by atoms with Gasteiger partial charge in [0.15, 0.2) is 11.5 Å². The van der Waals surface area contributed by atoms with Crippen molar-refractivity contribution in [3.05, 3.63) is 6.33 Å². The maximum atomic E-state index is 5.61. The zero-order valence-electron chi connectivity index (χ0n) is 10.1. The Morgan fingerprint density at radius 3 is 2.94 bits per heavy atom. The van der Waals surface area contributed by atoms with Gasteiger partial charge >= 0.3 is 0 Å². The van der Waals surface area contributed by atoms with Crippen LogP contribution in [0.5, 0.6) is 0 Å². The van der Waals surface area contributed by atoms with Gasteiger partial charge in [-0.2, -0.15) is 9.97 Å². The first-order chi connectivity index (χ1) is 8.02. The lowest BCUT2D eigenvalue weighted by Crippen LogP contribution is -2.32. The molecule has 17 heavy (non-hydrogen) atoms. The van der Waals surface area contributed by atoms with Gasteiger partial charge in [0, 0.05) is 13.7 Å². The summed E-state index contributed by atoms with van der Waals surface area (Å²) in [5.74, 6) is 0.831. The zero-order valence-corrected chi connectivity index (χ0v) is 10.1. The van der Waals surface area contributed by atoms with Crippen LogP contribution in [0.25, 0.3) is 11.2 Å². The van der Waals surface area contributed by atoms with Gasteiger partial charge in [0.1, 0.15) is 5.52 Å². The van der Waals surface area contributed by atoms with Gasteiger partial charge in [-0.25, -0.2) is 4.98 Å². The van der Waals surface area contributed by atoms with Gasteiger partial charge in [-0.05, 0) is 13.8 Å². The van der Waals surface area contributed by atoms with Crippen molar-refractivity contribution in [3.8, 4) is 0 Å². The van der Waals surface area contributed by atoms with Crippen LogP contribution in [0.3, 0.4) is 0 Å². The number of ether oxygens (including phenoxy) is 1. The van der Waals surface area contributed by atoms with Gasteiger partial charge in [-0.15, -0.1) is 0 Å². The van der Waals surface area contributed by atoms with Gasteiger partial charge in [0.2, 0.25) is 5.95 Å². The van der Waals surface area contributed by atoms with E-state index in [0.29, 0.717) is 18.0 Å². The number of H-pyrrole nitrogens is 1. The van der Waals surface area contributed by atoms with Crippen LogP contribution in [-0.2, 0) is 4.74 Å². The van der Waals surface area contributed by atoms with Crippen LogP contribution in [0, 0.1) is 0 Å². The van der Waals surface area contributed by atoms with Gasteiger partial charge in [0.25, 0.3) is 0 Å². The Labute approximate surface area is 98.8 Å². The van der Waals surface area contributed by atoms with Crippen LogP contribution in [0.4, 0.5) is 11.8 Å². The standard InChI is InChI=1S/C10H16N6O/c1-10(2,17-3)4-12-7-6-8(14-5-13-6)16-9(11)15-7/h5H,4H2,1-3H3,(H4,11,12,13,14,15,16). The van der Waals surface area contributed by atoms with Crippen LogP contribution in [0.15, 0.2) is 6.33 Å². The molecule has 0 aromatic carbocycles. The van der Waals surface area contributed by atoms with Crippen molar-refractivity contribution in [1.82, 2.24) is 19.9 Å². The van der Waals surface area contributed by atoms with Crippen molar-refractivity contribution >= 4 is 22.9 Å². The van der Waals surface area contributed by atoms with Crippen LogP contribution in [0.1, 0.15) is 13.8 Å². The number of aromatic nitrogens is 4. The lowest BCUT2D eigenvalue weighted by molar-refractivity contribution is 0.0343. The van der Waals surface area contributed by atoms with Crippen LogP contribution in [0.2, 0.25) is 0 Å². The SMILES string of the molecule is COC(C)(C)CNc1nc(N)nc2nc[nH]c12. The number of nitrogens with zero attached hydrogens (tertiary/aromatic N) is 3. The average Bonchev–Trinajstić information content (AvgIpc) is 2.73. The van der Waals surface area contributed by atoms with E-state index in [1.54, 1.807) is 13.4 Å². The first kappa shape index (κ1) is 11.6. The Hall–Kier alpha value is -1.89. The molecule has 4 N–H and O–H groups in total.